The van der Waals surface area contributed by atoms with E-state index in [0.717, 1.165) is 43.2 Å². The molecule has 4 nitrogen and oxygen atoms in total. The van der Waals surface area contributed by atoms with E-state index < -0.39 is 24.6 Å². The van der Waals surface area contributed by atoms with E-state index in [1.54, 1.807) is 6.08 Å². The van der Waals surface area contributed by atoms with Crippen LogP contribution in [-0.4, -0.2) is 63.1 Å². The molecule has 174 valence electrons. The van der Waals surface area contributed by atoms with Crippen LogP contribution in [-0.2, 0) is 4.79 Å². The zero-order valence-electron chi connectivity index (χ0n) is 19.2. The van der Waals surface area contributed by atoms with Gasteiger partial charge in [0, 0.05) is 6.42 Å². The third-order valence-corrected chi connectivity index (χ3v) is 6.99. The topological polar surface area (TPSA) is 77.8 Å². The first-order valence-corrected chi connectivity index (χ1v) is 11.3. The van der Waals surface area contributed by atoms with Crippen molar-refractivity contribution in [3.05, 3.63) is 53.4 Å². The van der Waals surface area contributed by atoms with Gasteiger partial charge in [0.25, 0.3) is 0 Å². The summed E-state index contributed by atoms with van der Waals surface area (Å²) in [7, 11) is 0. The summed E-state index contributed by atoms with van der Waals surface area (Å²) >= 11 is 0. The predicted molar refractivity (Wildman–Crippen MR) is 129 cm³/mol. The molecule has 0 fully saturated rings. The normalized spacial score (nSPS) is 19.8. The predicted octanol–water partition coefficient (Wildman–Crippen LogP) is 5.09. The molecule has 32 heavy (non-hydrogen) atoms. The van der Waals surface area contributed by atoms with Crippen LogP contribution in [0.2, 0.25) is 0 Å². The molecular formula is C26H38FNaO4. The number of carboxylic acids is 1. The fraction of sp³-hybridized carbons (Fsp3) is 0.577. The first kappa shape index (κ1) is 29.1. The number of hydrogen-bond acceptors (Lipinski definition) is 3. The molecule has 0 amide bonds. The third kappa shape index (κ3) is 7.81. The molecule has 0 aliphatic heterocycles. The van der Waals surface area contributed by atoms with Gasteiger partial charge in [0.05, 0.1) is 18.6 Å². The fourth-order valence-electron chi connectivity index (χ4n) is 4.62. The van der Waals surface area contributed by atoms with Gasteiger partial charge in [0.1, 0.15) is 5.82 Å². The van der Waals surface area contributed by atoms with Gasteiger partial charge in [0.2, 0.25) is 0 Å². The first-order chi connectivity index (χ1) is 14.5. The van der Waals surface area contributed by atoms with Gasteiger partial charge < -0.3 is 15.3 Å². The van der Waals surface area contributed by atoms with Crippen molar-refractivity contribution in [3.63, 3.8) is 0 Å². The average Bonchev–Trinajstić information content (AvgIpc) is 2.80. The monoisotopic (exact) mass is 456 g/mol. The van der Waals surface area contributed by atoms with Crippen molar-refractivity contribution >= 4 is 41.1 Å². The van der Waals surface area contributed by atoms with Crippen molar-refractivity contribution < 1.29 is 24.5 Å². The van der Waals surface area contributed by atoms with Gasteiger partial charge in [-0.1, -0.05) is 64.8 Å². The van der Waals surface area contributed by atoms with Crippen LogP contribution in [0.15, 0.2) is 42.0 Å². The summed E-state index contributed by atoms with van der Waals surface area (Å²) in [5.74, 6) is -1.36. The molecule has 0 bridgehead atoms. The van der Waals surface area contributed by atoms with Gasteiger partial charge in [-0.15, -0.1) is 0 Å². The van der Waals surface area contributed by atoms with Crippen LogP contribution in [0.5, 0.6) is 0 Å². The quantitative estimate of drug-likeness (QED) is 0.452. The molecule has 0 aromatic heterocycles. The van der Waals surface area contributed by atoms with E-state index in [9.17, 15) is 19.4 Å². The molecule has 0 heterocycles. The summed E-state index contributed by atoms with van der Waals surface area (Å²) in [6.45, 7) is 8.85. The standard InChI is InChI=1S/C26H37FO4.Na.H/c1-5-26(6-2)14-13-25(3,4)23(12-11-20(28)15-21(29)16-24(30)31)22(17-26)18-7-9-19(27)10-8-18;;/h7-12,20-21,28-29H,5-6,13-17H2,1-4H3,(H,30,31);;. The summed E-state index contributed by atoms with van der Waals surface area (Å²) in [4.78, 5) is 10.8. The molecule has 1 aliphatic carbocycles. The van der Waals surface area contributed by atoms with Crippen LogP contribution in [0.4, 0.5) is 4.39 Å². The number of halogens is 1. The van der Waals surface area contributed by atoms with Crippen molar-refractivity contribution in [2.24, 2.45) is 10.8 Å². The summed E-state index contributed by atoms with van der Waals surface area (Å²) in [6.07, 6.45) is 6.20. The second kappa shape index (κ2) is 12.5. The molecule has 2 unspecified atom stereocenters. The van der Waals surface area contributed by atoms with E-state index in [4.69, 9.17) is 5.11 Å². The number of aliphatic hydroxyl groups is 2. The second-order valence-corrected chi connectivity index (χ2v) is 9.58. The Balaban J connectivity index is 0.00000512. The molecular weight excluding hydrogens is 418 g/mol. The molecule has 0 saturated carbocycles. The van der Waals surface area contributed by atoms with Crippen LogP contribution < -0.4 is 0 Å². The van der Waals surface area contributed by atoms with Crippen LogP contribution in [0.3, 0.4) is 0 Å². The van der Waals surface area contributed by atoms with Gasteiger partial charge in [-0.3, -0.25) is 4.79 Å². The summed E-state index contributed by atoms with van der Waals surface area (Å²) in [5, 5.41) is 29.0. The van der Waals surface area contributed by atoms with Crippen molar-refractivity contribution in [1.29, 1.82) is 0 Å². The van der Waals surface area contributed by atoms with Crippen molar-refractivity contribution in [1.82, 2.24) is 0 Å². The Hall–Kier alpha value is -0.980. The number of allylic oxidation sites excluding steroid dienone is 3. The van der Waals surface area contributed by atoms with E-state index in [0.29, 0.717) is 0 Å². The Labute approximate surface area is 213 Å². The Morgan fingerprint density at radius 1 is 1.12 bits per heavy atom. The number of carboxylic acid groups (broad SMARTS) is 1. The van der Waals surface area contributed by atoms with Gasteiger partial charge in [-0.2, -0.15) is 0 Å². The number of rotatable bonds is 9. The van der Waals surface area contributed by atoms with Gasteiger partial charge in [-0.25, -0.2) is 4.39 Å². The maximum atomic E-state index is 13.6. The Kier molecular flexibility index (Phi) is 11.3. The van der Waals surface area contributed by atoms with Crippen LogP contribution >= 0.6 is 0 Å². The molecule has 0 saturated heterocycles. The molecule has 1 aliphatic rings. The minimum atomic E-state index is -1.10. The molecule has 1 aromatic rings. The first-order valence-electron chi connectivity index (χ1n) is 11.3. The molecule has 0 radical (unpaired) electrons. The van der Waals surface area contributed by atoms with Crippen LogP contribution in [0.25, 0.3) is 5.57 Å². The summed E-state index contributed by atoms with van der Waals surface area (Å²) in [5.41, 5.74) is 3.29. The zero-order chi connectivity index (χ0) is 23.2. The van der Waals surface area contributed by atoms with Crippen LogP contribution in [0.1, 0.15) is 78.2 Å². The summed E-state index contributed by atoms with van der Waals surface area (Å²) in [6, 6.07) is 6.61. The number of benzene rings is 1. The van der Waals surface area contributed by atoms with Crippen molar-refractivity contribution in [2.45, 2.75) is 84.8 Å². The Bertz CT molecular complexity index is 810. The van der Waals surface area contributed by atoms with E-state index in [-0.39, 0.29) is 52.6 Å². The maximum absolute atomic E-state index is 13.6. The van der Waals surface area contributed by atoms with E-state index >= 15 is 0 Å². The van der Waals surface area contributed by atoms with E-state index in [2.05, 4.69) is 27.7 Å². The SMILES string of the molecule is CCC1(CC)CCC(C)(C)C(C=CC(O)CC(O)CC(=O)O)=C(c2ccc(F)cc2)C1.[NaH]. The Morgan fingerprint density at radius 2 is 1.72 bits per heavy atom. The molecule has 6 heteroatoms. The summed E-state index contributed by atoms with van der Waals surface area (Å²) < 4.78 is 13.6. The molecule has 2 rings (SSSR count). The molecule has 0 spiro atoms. The second-order valence-electron chi connectivity index (χ2n) is 9.58. The number of aliphatic hydroxyl groups excluding tert-OH is 2. The Morgan fingerprint density at radius 3 is 2.25 bits per heavy atom. The number of carbonyl (C=O) groups is 1. The van der Waals surface area contributed by atoms with Crippen molar-refractivity contribution in [3.8, 4) is 0 Å². The molecule has 3 N–H and O–H groups in total. The minimum absolute atomic E-state index is 0. The fourth-order valence-corrected chi connectivity index (χ4v) is 4.62. The average molecular weight is 457 g/mol. The van der Waals surface area contributed by atoms with E-state index in [1.807, 2.05) is 18.2 Å². The van der Waals surface area contributed by atoms with Gasteiger partial charge >= 0.3 is 35.5 Å². The number of aliphatic carboxylic acids is 1. The van der Waals surface area contributed by atoms with Gasteiger partial charge in [0.15, 0.2) is 0 Å². The van der Waals surface area contributed by atoms with Crippen molar-refractivity contribution in [2.75, 3.05) is 0 Å². The molecule has 1 aromatic carbocycles. The third-order valence-electron chi connectivity index (χ3n) is 6.99. The van der Waals surface area contributed by atoms with Gasteiger partial charge in [-0.05, 0) is 58.9 Å². The zero-order valence-corrected chi connectivity index (χ0v) is 19.2. The molecule has 2 atom stereocenters. The van der Waals surface area contributed by atoms with Crippen LogP contribution in [0, 0.1) is 16.6 Å². The number of hydrogen-bond donors (Lipinski definition) is 3. The van der Waals surface area contributed by atoms with E-state index in [1.165, 1.54) is 17.7 Å².